The molecule has 2 N–H and O–H groups in total. The summed E-state index contributed by atoms with van der Waals surface area (Å²) in [5.41, 5.74) is 0.905. The molecule has 1 aliphatic heterocycles. The minimum Gasteiger partial charge on any atom is -0.497 e. The van der Waals surface area contributed by atoms with Gasteiger partial charge in [-0.05, 0) is 55.0 Å². The summed E-state index contributed by atoms with van der Waals surface area (Å²) in [4.78, 5) is 12.9. The van der Waals surface area contributed by atoms with Crippen molar-refractivity contribution in [2.24, 2.45) is 5.92 Å². The molecule has 3 atom stereocenters. The lowest BCUT2D eigenvalue weighted by atomic mass is 9.89. The number of nitrogens with one attached hydrogen (secondary N) is 1. The lowest BCUT2D eigenvalue weighted by Gasteiger charge is -2.33. The van der Waals surface area contributed by atoms with Crippen molar-refractivity contribution in [3.63, 3.8) is 0 Å². The van der Waals surface area contributed by atoms with Gasteiger partial charge in [0.2, 0.25) is 10.0 Å². The molecule has 2 aromatic rings. The Kier molecular flexibility index (Phi) is 10.6. The number of carbonyl (C=O) groups is 1. The first-order valence-electron chi connectivity index (χ1n) is 13.8. The molecule has 2 fully saturated rings. The third-order valence-corrected chi connectivity index (χ3v) is 9.35. The number of carbonyl (C=O) groups excluding carboxylic acids is 1. The molecule has 9 nitrogen and oxygen atoms in total. The van der Waals surface area contributed by atoms with E-state index in [0.29, 0.717) is 38.3 Å². The van der Waals surface area contributed by atoms with Gasteiger partial charge in [0, 0.05) is 19.5 Å². The Morgan fingerprint density at radius 1 is 1.08 bits per heavy atom. The Labute approximate surface area is 231 Å². The second-order valence-corrected chi connectivity index (χ2v) is 12.3. The summed E-state index contributed by atoms with van der Waals surface area (Å²) >= 11 is 0. The van der Waals surface area contributed by atoms with Gasteiger partial charge in [0.15, 0.2) is 0 Å². The van der Waals surface area contributed by atoms with Crippen molar-refractivity contribution < 1.29 is 32.5 Å². The SMILES string of the molecule is COc1ccc(S(=O)(=O)N(CC2CCCCC2)C[C@H](O)C(Cc2ccccc2)NC(=O)O[C@H]2CCOC2)cc1. The van der Waals surface area contributed by atoms with Crippen LogP contribution in [-0.2, 0) is 25.9 Å². The minimum absolute atomic E-state index is 0.138. The first kappa shape index (κ1) is 29.3. The number of hydrogen-bond donors (Lipinski definition) is 2. The Morgan fingerprint density at radius 2 is 1.79 bits per heavy atom. The summed E-state index contributed by atoms with van der Waals surface area (Å²) in [6.07, 6.45) is 3.97. The number of ether oxygens (including phenoxy) is 3. The highest BCUT2D eigenvalue weighted by Gasteiger charge is 2.33. The summed E-state index contributed by atoms with van der Waals surface area (Å²) in [5, 5.41) is 14.3. The van der Waals surface area contributed by atoms with Crippen LogP contribution >= 0.6 is 0 Å². The standard InChI is InChI=1S/C29H40N2O7S/c1-36-24-12-14-26(15-13-24)39(34,35)31(19-23-10-6-3-7-11-23)20-28(32)27(18-22-8-4-2-5-9-22)30-29(33)38-25-16-17-37-21-25/h2,4-5,8-9,12-15,23,25,27-28,32H,3,6-7,10-11,16-21H2,1H3,(H,30,33)/t25-,27?,28-/m0/s1. The van der Waals surface area contributed by atoms with Gasteiger partial charge in [-0.15, -0.1) is 0 Å². The topological polar surface area (TPSA) is 114 Å². The quantitative estimate of drug-likeness (QED) is 0.406. The highest BCUT2D eigenvalue weighted by molar-refractivity contribution is 7.89. The maximum atomic E-state index is 13.8. The average Bonchev–Trinajstić information content (AvgIpc) is 3.46. The van der Waals surface area contributed by atoms with Crippen molar-refractivity contribution in [3.05, 3.63) is 60.2 Å². The van der Waals surface area contributed by atoms with Crippen LogP contribution in [-0.4, -0.2) is 75.6 Å². The molecule has 2 aromatic carbocycles. The number of aliphatic hydroxyl groups excluding tert-OH is 1. The molecule has 0 radical (unpaired) electrons. The van der Waals surface area contributed by atoms with Crippen molar-refractivity contribution in [1.82, 2.24) is 9.62 Å². The van der Waals surface area contributed by atoms with Crippen LogP contribution in [0, 0.1) is 5.92 Å². The zero-order chi connectivity index (χ0) is 27.7. The van der Waals surface area contributed by atoms with E-state index in [1.165, 1.54) is 23.5 Å². The van der Waals surface area contributed by atoms with Gasteiger partial charge in [0.25, 0.3) is 0 Å². The second kappa shape index (κ2) is 14.1. The third kappa shape index (κ3) is 8.41. The predicted octanol–water partition coefficient (Wildman–Crippen LogP) is 3.75. The molecule has 2 aliphatic rings. The fourth-order valence-electron chi connectivity index (χ4n) is 5.26. The number of alkyl carbamates (subject to hydrolysis) is 1. The van der Waals surface area contributed by atoms with E-state index in [4.69, 9.17) is 14.2 Å². The molecule has 214 valence electrons. The number of sulfonamides is 1. The molecule has 0 spiro atoms. The number of hydrogen-bond acceptors (Lipinski definition) is 7. The van der Waals surface area contributed by atoms with Crippen LogP contribution in [0.2, 0.25) is 0 Å². The van der Waals surface area contributed by atoms with Gasteiger partial charge in [-0.1, -0.05) is 49.6 Å². The van der Waals surface area contributed by atoms with Gasteiger partial charge >= 0.3 is 6.09 Å². The lowest BCUT2D eigenvalue weighted by Crippen LogP contribution is -2.51. The molecule has 1 amide bonds. The number of nitrogens with zero attached hydrogens (tertiary/aromatic N) is 1. The van der Waals surface area contributed by atoms with Crippen LogP contribution in [0.25, 0.3) is 0 Å². The van der Waals surface area contributed by atoms with Crippen molar-refractivity contribution in [3.8, 4) is 5.75 Å². The fourth-order valence-corrected chi connectivity index (χ4v) is 6.79. The number of methoxy groups -OCH3 is 1. The zero-order valence-electron chi connectivity index (χ0n) is 22.5. The van der Waals surface area contributed by atoms with Crippen molar-refractivity contribution >= 4 is 16.1 Å². The Bertz CT molecular complexity index is 1130. The highest BCUT2D eigenvalue weighted by atomic mass is 32.2. The van der Waals surface area contributed by atoms with Gasteiger partial charge in [0.05, 0.1) is 37.4 Å². The number of benzene rings is 2. The third-order valence-electron chi connectivity index (χ3n) is 7.50. The summed E-state index contributed by atoms with van der Waals surface area (Å²) in [7, 11) is -2.39. The summed E-state index contributed by atoms with van der Waals surface area (Å²) in [5.74, 6) is 0.776. The molecule has 1 saturated carbocycles. The Hall–Kier alpha value is -2.66. The van der Waals surface area contributed by atoms with Gasteiger partial charge in [-0.25, -0.2) is 13.2 Å². The van der Waals surface area contributed by atoms with E-state index in [0.717, 1.165) is 37.7 Å². The first-order valence-corrected chi connectivity index (χ1v) is 15.2. The van der Waals surface area contributed by atoms with Crippen LogP contribution in [0.1, 0.15) is 44.1 Å². The normalized spacial score (nSPS) is 19.9. The van der Waals surface area contributed by atoms with E-state index in [-0.39, 0.29) is 23.5 Å². The van der Waals surface area contributed by atoms with Crippen molar-refractivity contribution in [1.29, 1.82) is 0 Å². The fraction of sp³-hybridized carbons (Fsp3) is 0.552. The predicted molar refractivity (Wildman–Crippen MR) is 147 cm³/mol. The largest absolute Gasteiger partial charge is 0.497 e. The summed E-state index contributed by atoms with van der Waals surface area (Å²) in [6, 6.07) is 15.0. The molecular weight excluding hydrogens is 520 g/mol. The van der Waals surface area contributed by atoms with Gasteiger partial charge < -0.3 is 24.6 Å². The highest BCUT2D eigenvalue weighted by Crippen LogP contribution is 2.28. The lowest BCUT2D eigenvalue weighted by molar-refractivity contribution is 0.0637. The van der Waals surface area contributed by atoms with E-state index in [1.54, 1.807) is 12.1 Å². The van der Waals surface area contributed by atoms with E-state index < -0.39 is 28.3 Å². The minimum atomic E-state index is -3.92. The van der Waals surface area contributed by atoms with Crippen LogP contribution in [0.4, 0.5) is 4.79 Å². The molecule has 1 heterocycles. The van der Waals surface area contributed by atoms with Crippen LogP contribution in [0.3, 0.4) is 0 Å². The molecule has 4 rings (SSSR count). The number of aliphatic hydroxyl groups is 1. The zero-order valence-corrected chi connectivity index (χ0v) is 23.4. The van der Waals surface area contributed by atoms with E-state index in [1.807, 2.05) is 30.3 Å². The van der Waals surface area contributed by atoms with Gasteiger partial charge in [-0.3, -0.25) is 0 Å². The summed E-state index contributed by atoms with van der Waals surface area (Å²) in [6.45, 7) is 1.03. The van der Waals surface area contributed by atoms with E-state index in [2.05, 4.69) is 5.32 Å². The van der Waals surface area contributed by atoms with E-state index >= 15 is 0 Å². The molecule has 10 heteroatoms. The number of rotatable bonds is 12. The van der Waals surface area contributed by atoms with Crippen molar-refractivity contribution in [2.45, 2.75) is 68.1 Å². The monoisotopic (exact) mass is 560 g/mol. The van der Waals surface area contributed by atoms with Crippen molar-refractivity contribution in [2.75, 3.05) is 33.4 Å². The average molecular weight is 561 g/mol. The molecule has 0 bridgehead atoms. The van der Waals surface area contributed by atoms with Gasteiger partial charge in [0.1, 0.15) is 11.9 Å². The first-order chi connectivity index (χ1) is 18.8. The number of amides is 1. The smallest absolute Gasteiger partial charge is 0.407 e. The van der Waals surface area contributed by atoms with E-state index in [9.17, 15) is 18.3 Å². The molecule has 1 saturated heterocycles. The molecular formula is C29H40N2O7S. The molecule has 1 unspecified atom stereocenters. The second-order valence-electron chi connectivity index (χ2n) is 10.4. The molecule has 1 aliphatic carbocycles. The Balaban J connectivity index is 1.55. The van der Waals surface area contributed by atoms with Crippen LogP contribution < -0.4 is 10.1 Å². The molecule has 39 heavy (non-hydrogen) atoms. The van der Waals surface area contributed by atoms with Crippen LogP contribution in [0.15, 0.2) is 59.5 Å². The molecule has 0 aromatic heterocycles. The van der Waals surface area contributed by atoms with Gasteiger partial charge in [-0.2, -0.15) is 4.31 Å². The van der Waals surface area contributed by atoms with Crippen LogP contribution in [0.5, 0.6) is 5.75 Å². The summed E-state index contributed by atoms with van der Waals surface area (Å²) < 4.78 is 45.0. The Morgan fingerprint density at radius 3 is 2.44 bits per heavy atom. The maximum Gasteiger partial charge on any atom is 0.407 e. The maximum absolute atomic E-state index is 13.8.